The lowest BCUT2D eigenvalue weighted by Gasteiger charge is -2.19. The Kier molecular flexibility index (Phi) is 8.37. The number of benzene rings is 2. The average molecular weight is 483 g/mol. The van der Waals surface area contributed by atoms with Crippen LogP contribution in [0.25, 0.3) is 0 Å². The van der Waals surface area contributed by atoms with E-state index in [-0.39, 0.29) is 45.4 Å². The molecule has 0 saturated heterocycles. The number of nitrogens with one attached hydrogen (secondary N) is 1. The van der Waals surface area contributed by atoms with Gasteiger partial charge in [0.15, 0.2) is 0 Å². The molecule has 0 spiro atoms. The second-order valence-electron chi connectivity index (χ2n) is 6.47. The van der Waals surface area contributed by atoms with Crippen LogP contribution in [0.1, 0.15) is 44.9 Å². The highest BCUT2D eigenvalue weighted by molar-refractivity contribution is 7.89. The lowest BCUT2D eigenvalue weighted by Crippen LogP contribution is -2.31. The van der Waals surface area contributed by atoms with E-state index in [4.69, 9.17) is 11.6 Å². The number of rotatable bonds is 8. The lowest BCUT2D eigenvalue weighted by atomic mass is 10.1. The van der Waals surface area contributed by atoms with Crippen molar-refractivity contribution in [1.29, 1.82) is 0 Å². The number of anilines is 1. The van der Waals surface area contributed by atoms with Crippen molar-refractivity contribution in [1.82, 2.24) is 4.31 Å². The number of sulfonamides is 1. The van der Waals surface area contributed by atoms with Crippen LogP contribution in [0.15, 0.2) is 41.3 Å². The van der Waals surface area contributed by atoms with E-state index in [2.05, 4.69) is 14.8 Å². The van der Waals surface area contributed by atoms with Crippen LogP contribution in [0.4, 0.5) is 5.69 Å². The molecule has 0 aliphatic heterocycles. The summed E-state index contributed by atoms with van der Waals surface area (Å²) in [6.45, 7) is 3.86. The van der Waals surface area contributed by atoms with E-state index in [0.717, 1.165) is 0 Å². The SMILES string of the molecule is CCN(CC)S(=O)(=O)c1cc(C(=O)Nc2cc(C(=O)OC)cc(C(=O)OC)c2)ccc1Cl. The van der Waals surface area contributed by atoms with E-state index in [9.17, 15) is 22.8 Å². The van der Waals surface area contributed by atoms with Gasteiger partial charge in [0.2, 0.25) is 10.0 Å². The Labute approximate surface area is 191 Å². The Balaban J connectivity index is 2.45. The van der Waals surface area contributed by atoms with Crippen LogP contribution in [0.2, 0.25) is 5.02 Å². The summed E-state index contributed by atoms with van der Waals surface area (Å²) >= 11 is 6.11. The molecule has 32 heavy (non-hydrogen) atoms. The number of carbonyl (C=O) groups excluding carboxylic acids is 3. The molecular weight excluding hydrogens is 460 g/mol. The molecule has 2 aromatic carbocycles. The third-order valence-corrected chi connectivity index (χ3v) is 7.08. The van der Waals surface area contributed by atoms with Gasteiger partial charge in [-0.25, -0.2) is 18.0 Å². The second-order valence-corrected chi connectivity index (χ2v) is 8.78. The van der Waals surface area contributed by atoms with Gasteiger partial charge in [-0.3, -0.25) is 4.79 Å². The zero-order valence-electron chi connectivity index (χ0n) is 18.0. The summed E-state index contributed by atoms with van der Waals surface area (Å²) in [5.41, 5.74) is 0.169. The van der Waals surface area contributed by atoms with Gasteiger partial charge in [0, 0.05) is 24.3 Å². The highest BCUT2D eigenvalue weighted by Crippen LogP contribution is 2.26. The van der Waals surface area contributed by atoms with Crippen molar-refractivity contribution in [3.8, 4) is 0 Å². The molecule has 2 rings (SSSR count). The standard InChI is InChI=1S/C21H23ClN2O7S/c1-5-24(6-2)32(28,29)18-12-13(7-8-17(18)22)19(25)23-16-10-14(20(26)30-3)9-15(11-16)21(27)31-4/h7-12H,5-6H2,1-4H3,(H,23,25). The Morgan fingerprint density at radius 3 is 1.91 bits per heavy atom. The number of nitrogens with zero attached hydrogens (tertiary/aromatic N) is 1. The van der Waals surface area contributed by atoms with Crippen LogP contribution in [0, 0.1) is 0 Å². The fraction of sp³-hybridized carbons (Fsp3) is 0.286. The average Bonchev–Trinajstić information content (AvgIpc) is 2.78. The predicted octanol–water partition coefficient (Wildman–Crippen LogP) is 3.20. The maximum Gasteiger partial charge on any atom is 0.337 e. The third-order valence-electron chi connectivity index (χ3n) is 4.55. The van der Waals surface area contributed by atoms with Crippen LogP contribution in [-0.2, 0) is 19.5 Å². The molecule has 172 valence electrons. The molecule has 0 atom stereocenters. The fourth-order valence-corrected chi connectivity index (χ4v) is 4.88. The number of hydrogen-bond donors (Lipinski definition) is 1. The maximum atomic E-state index is 12.9. The summed E-state index contributed by atoms with van der Waals surface area (Å²) in [6.07, 6.45) is 0. The van der Waals surface area contributed by atoms with Gasteiger partial charge in [-0.1, -0.05) is 25.4 Å². The van der Waals surface area contributed by atoms with Crippen LogP contribution in [0.3, 0.4) is 0 Å². The topological polar surface area (TPSA) is 119 Å². The number of hydrogen-bond acceptors (Lipinski definition) is 7. The number of ether oxygens (including phenoxy) is 2. The van der Waals surface area contributed by atoms with Crippen molar-refractivity contribution in [2.24, 2.45) is 0 Å². The van der Waals surface area contributed by atoms with Crippen LogP contribution >= 0.6 is 11.6 Å². The Hall–Kier alpha value is -2.95. The van der Waals surface area contributed by atoms with Gasteiger partial charge in [0.1, 0.15) is 4.90 Å². The van der Waals surface area contributed by atoms with Gasteiger partial charge in [0.05, 0.1) is 30.4 Å². The highest BCUT2D eigenvalue weighted by atomic mass is 35.5. The predicted molar refractivity (Wildman–Crippen MR) is 119 cm³/mol. The minimum Gasteiger partial charge on any atom is -0.465 e. The minimum absolute atomic E-state index is 0.0169. The molecular formula is C21H23ClN2O7S. The van der Waals surface area contributed by atoms with Gasteiger partial charge in [0.25, 0.3) is 5.91 Å². The number of halogens is 1. The van der Waals surface area contributed by atoms with Crippen molar-refractivity contribution in [3.05, 3.63) is 58.1 Å². The van der Waals surface area contributed by atoms with Crippen LogP contribution in [0.5, 0.6) is 0 Å². The number of amides is 1. The smallest absolute Gasteiger partial charge is 0.337 e. The molecule has 11 heteroatoms. The molecule has 0 saturated carbocycles. The number of esters is 2. The van der Waals surface area contributed by atoms with Gasteiger partial charge in [-0.15, -0.1) is 0 Å². The van der Waals surface area contributed by atoms with Gasteiger partial charge < -0.3 is 14.8 Å². The molecule has 0 heterocycles. The molecule has 0 bridgehead atoms. The van der Waals surface area contributed by atoms with Gasteiger partial charge >= 0.3 is 11.9 Å². The summed E-state index contributed by atoms with van der Waals surface area (Å²) < 4.78 is 36.3. The quantitative estimate of drug-likeness (QED) is 0.574. The Morgan fingerprint density at radius 1 is 0.906 bits per heavy atom. The zero-order valence-corrected chi connectivity index (χ0v) is 19.5. The van der Waals surface area contributed by atoms with E-state index in [1.54, 1.807) is 13.8 Å². The molecule has 9 nitrogen and oxygen atoms in total. The molecule has 2 aromatic rings. The monoisotopic (exact) mass is 482 g/mol. The van der Waals surface area contributed by atoms with Crippen LogP contribution in [-0.4, -0.2) is 57.9 Å². The van der Waals surface area contributed by atoms with E-state index >= 15 is 0 Å². The molecule has 1 N–H and O–H groups in total. The second kappa shape index (κ2) is 10.6. The van der Waals surface area contributed by atoms with E-state index in [1.165, 1.54) is 54.9 Å². The molecule has 0 fully saturated rings. The summed E-state index contributed by atoms with van der Waals surface area (Å²) in [7, 11) is -1.55. The van der Waals surface area contributed by atoms with Crippen molar-refractivity contribution < 1.29 is 32.3 Å². The molecule has 0 aliphatic carbocycles. The third kappa shape index (κ3) is 5.45. The van der Waals surface area contributed by atoms with Crippen molar-refractivity contribution in [2.75, 3.05) is 32.6 Å². The molecule has 1 amide bonds. The highest BCUT2D eigenvalue weighted by Gasteiger charge is 2.26. The normalized spacial score (nSPS) is 11.2. The summed E-state index contributed by atoms with van der Waals surface area (Å²) in [4.78, 5) is 36.5. The number of carbonyl (C=O) groups is 3. The first-order chi connectivity index (χ1) is 15.1. The first kappa shape index (κ1) is 25.3. The van der Waals surface area contributed by atoms with E-state index in [1.807, 2.05) is 0 Å². The summed E-state index contributed by atoms with van der Waals surface area (Å²) in [6, 6.07) is 7.77. The Bertz CT molecular complexity index is 1110. The van der Waals surface area contributed by atoms with Crippen molar-refractivity contribution >= 4 is 45.2 Å². The Morgan fingerprint density at radius 2 is 1.44 bits per heavy atom. The van der Waals surface area contributed by atoms with Crippen molar-refractivity contribution in [3.63, 3.8) is 0 Å². The largest absolute Gasteiger partial charge is 0.465 e. The van der Waals surface area contributed by atoms with Gasteiger partial charge in [-0.05, 0) is 36.4 Å². The molecule has 0 unspecified atom stereocenters. The molecule has 0 radical (unpaired) electrons. The summed E-state index contributed by atoms with van der Waals surface area (Å²) in [5, 5.41) is 2.53. The summed E-state index contributed by atoms with van der Waals surface area (Å²) in [5.74, 6) is -2.11. The minimum atomic E-state index is -3.90. The zero-order chi connectivity index (χ0) is 24.1. The number of methoxy groups -OCH3 is 2. The maximum absolute atomic E-state index is 12.9. The lowest BCUT2D eigenvalue weighted by molar-refractivity contribution is 0.0598. The molecule has 0 aromatic heterocycles. The van der Waals surface area contributed by atoms with E-state index < -0.39 is 27.9 Å². The van der Waals surface area contributed by atoms with Crippen LogP contribution < -0.4 is 5.32 Å². The first-order valence-electron chi connectivity index (χ1n) is 9.51. The molecule has 0 aliphatic rings. The first-order valence-corrected chi connectivity index (χ1v) is 11.3. The van der Waals surface area contributed by atoms with Gasteiger partial charge in [-0.2, -0.15) is 4.31 Å². The fourth-order valence-electron chi connectivity index (χ4n) is 2.92. The van der Waals surface area contributed by atoms with E-state index in [0.29, 0.717) is 0 Å². The van der Waals surface area contributed by atoms with Crippen molar-refractivity contribution in [2.45, 2.75) is 18.7 Å².